The van der Waals surface area contributed by atoms with E-state index >= 15 is 0 Å². The summed E-state index contributed by atoms with van der Waals surface area (Å²) in [6.45, 7) is 11.1. The molecule has 10 nitrogen and oxygen atoms in total. The minimum Gasteiger partial charge on any atom is -0.444 e. The van der Waals surface area contributed by atoms with Crippen LogP contribution in [0.15, 0.2) is 60.7 Å². The molecule has 2 aromatic carbocycles. The average Bonchev–Trinajstić information content (AvgIpc) is 3.41. The zero-order valence-electron chi connectivity index (χ0n) is 25.4. The fourth-order valence-corrected chi connectivity index (χ4v) is 6.66. The van der Waals surface area contributed by atoms with E-state index in [1.165, 1.54) is 4.90 Å². The normalized spacial score (nSPS) is 16.8. The van der Waals surface area contributed by atoms with Gasteiger partial charge in [0.05, 0.1) is 0 Å². The van der Waals surface area contributed by atoms with E-state index in [9.17, 15) is 18.9 Å². The summed E-state index contributed by atoms with van der Waals surface area (Å²) in [4.78, 5) is 41.4. The molecule has 3 atom stereocenters. The third-order valence-corrected chi connectivity index (χ3v) is 8.73. The molecule has 1 fully saturated rings. The summed E-state index contributed by atoms with van der Waals surface area (Å²) in [5, 5.41) is 5.59. The standard InChI is InChI=1S/C31H44N3O7P/c1-7-15-26(42(38,40-23-16-10-8-11-17-23)41-24-18-12-9-13-19-24)32-28(35)25-20-14-21-34(25)29(36)27(22(2)3)33-30(37)39-31(4,5)6/h8-13,16-19,22,25-27H,7,14-15,20-21H2,1-6H3,(H,32,35)(H,33,37). The summed E-state index contributed by atoms with van der Waals surface area (Å²) < 4.78 is 31.8. The van der Waals surface area contributed by atoms with Crippen LogP contribution in [0.4, 0.5) is 4.79 Å². The number of hydrogen-bond acceptors (Lipinski definition) is 7. The number of hydrogen-bond donors (Lipinski definition) is 2. The first-order chi connectivity index (χ1) is 19.8. The SMILES string of the molecule is CCCC(NC(=O)C1CCCN1C(=O)C(NC(=O)OC(C)(C)C)C(C)C)P(=O)(Oc1ccccc1)Oc1ccccc1. The smallest absolute Gasteiger partial charge is 0.444 e. The third-order valence-electron chi connectivity index (χ3n) is 6.65. The van der Waals surface area contributed by atoms with Gasteiger partial charge in [0.1, 0.15) is 29.2 Å². The molecule has 0 aliphatic carbocycles. The minimum atomic E-state index is -4.01. The van der Waals surface area contributed by atoms with Gasteiger partial charge in [0.25, 0.3) is 0 Å². The molecule has 3 unspecified atom stereocenters. The quantitative estimate of drug-likeness (QED) is 0.281. The summed E-state index contributed by atoms with van der Waals surface area (Å²) in [5.41, 5.74) is -0.726. The first kappa shape index (κ1) is 33.0. The van der Waals surface area contributed by atoms with Gasteiger partial charge in [0.15, 0.2) is 5.78 Å². The maximum atomic E-state index is 14.4. The number of carbonyl (C=O) groups excluding carboxylic acids is 3. The summed E-state index contributed by atoms with van der Waals surface area (Å²) >= 11 is 0. The van der Waals surface area contributed by atoms with Crippen LogP contribution < -0.4 is 19.7 Å². The van der Waals surface area contributed by atoms with Crippen LogP contribution in [0.3, 0.4) is 0 Å². The number of nitrogens with one attached hydrogen (secondary N) is 2. The lowest BCUT2D eigenvalue weighted by atomic mass is 10.0. The Kier molecular flexibility index (Phi) is 11.5. The maximum absolute atomic E-state index is 14.4. The molecule has 1 heterocycles. The second-order valence-electron chi connectivity index (χ2n) is 11.7. The van der Waals surface area contributed by atoms with Crippen LogP contribution in [0.1, 0.15) is 67.2 Å². The van der Waals surface area contributed by atoms with Gasteiger partial charge in [0, 0.05) is 6.54 Å². The van der Waals surface area contributed by atoms with E-state index in [4.69, 9.17) is 13.8 Å². The van der Waals surface area contributed by atoms with Gasteiger partial charge in [-0.2, -0.15) is 0 Å². The van der Waals surface area contributed by atoms with E-state index in [0.29, 0.717) is 43.7 Å². The number of benzene rings is 2. The molecule has 0 spiro atoms. The summed E-state index contributed by atoms with van der Waals surface area (Å²) in [7, 11) is -4.01. The molecule has 0 bridgehead atoms. The molecule has 230 valence electrons. The zero-order chi connectivity index (χ0) is 30.9. The molecule has 11 heteroatoms. The summed E-state index contributed by atoms with van der Waals surface area (Å²) in [5.74, 6) is -1.36. The second kappa shape index (κ2) is 14.6. The van der Waals surface area contributed by atoms with Crippen molar-refractivity contribution in [2.24, 2.45) is 5.92 Å². The lowest BCUT2D eigenvalue weighted by molar-refractivity contribution is -0.141. The Morgan fingerprint density at radius 2 is 1.50 bits per heavy atom. The van der Waals surface area contributed by atoms with Gasteiger partial charge in [-0.1, -0.05) is 63.6 Å². The highest BCUT2D eigenvalue weighted by atomic mass is 31.2. The van der Waals surface area contributed by atoms with Crippen molar-refractivity contribution in [3.63, 3.8) is 0 Å². The molecule has 42 heavy (non-hydrogen) atoms. The van der Waals surface area contributed by atoms with E-state index in [1.807, 2.05) is 32.9 Å². The molecular weight excluding hydrogens is 557 g/mol. The Morgan fingerprint density at radius 3 is 1.98 bits per heavy atom. The van der Waals surface area contributed by atoms with Crippen molar-refractivity contribution in [3.8, 4) is 11.5 Å². The first-order valence-electron chi connectivity index (χ1n) is 14.5. The van der Waals surface area contributed by atoms with Gasteiger partial charge in [-0.25, -0.2) is 9.36 Å². The zero-order valence-corrected chi connectivity index (χ0v) is 26.3. The van der Waals surface area contributed by atoms with Crippen molar-refractivity contribution in [3.05, 3.63) is 60.7 Å². The van der Waals surface area contributed by atoms with Crippen molar-refractivity contribution < 1.29 is 32.7 Å². The van der Waals surface area contributed by atoms with Gasteiger partial charge in [-0.15, -0.1) is 0 Å². The van der Waals surface area contributed by atoms with Crippen LogP contribution in [-0.4, -0.2) is 52.8 Å². The van der Waals surface area contributed by atoms with Crippen molar-refractivity contribution in [1.82, 2.24) is 15.5 Å². The maximum Gasteiger partial charge on any atom is 0.452 e. The Labute approximate surface area is 249 Å². The summed E-state index contributed by atoms with van der Waals surface area (Å²) in [6, 6.07) is 15.7. The predicted molar refractivity (Wildman–Crippen MR) is 161 cm³/mol. The van der Waals surface area contributed by atoms with E-state index in [0.717, 1.165) is 0 Å². The molecule has 0 radical (unpaired) electrons. The number of amides is 3. The highest BCUT2D eigenvalue weighted by Crippen LogP contribution is 2.53. The molecule has 1 aliphatic heterocycles. The van der Waals surface area contributed by atoms with Crippen LogP contribution in [0.5, 0.6) is 11.5 Å². The largest absolute Gasteiger partial charge is 0.452 e. The molecule has 3 amide bonds. The first-order valence-corrected chi connectivity index (χ1v) is 16.1. The second-order valence-corrected chi connectivity index (χ2v) is 13.8. The number of para-hydroxylation sites is 2. The van der Waals surface area contributed by atoms with Gasteiger partial charge < -0.3 is 29.3 Å². The Hall–Kier alpha value is -3.52. The van der Waals surface area contributed by atoms with Crippen molar-refractivity contribution in [1.29, 1.82) is 0 Å². The number of rotatable bonds is 12. The van der Waals surface area contributed by atoms with Gasteiger partial charge >= 0.3 is 13.7 Å². The van der Waals surface area contributed by atoms with Gasteiger partial charge in [-0.3, -0.25) is 9.59 Å². The number of nitrogens with zero attached hydrogens (tertiary/aromatic N) is 1. The average molecular weight is 602 g/mol. The minimum absolute atomic E-state index is 0.249. The number of alkyl carbamates (subject to hydrolysis) is 1. The molecule has 0 aromatic heterocycles. The molecule has 2 N–H and O–H groups in total. The van der Waals surface area contributed by atoms with Crippen LogP contribution in [0.25, 0.3) is 0 Å². The molecular formula is C31H44N3O7P. The van der Waals surface area contributed by atoms with E-state index < -0.39 is 43.1 Å². The van der Waals surface area contributed by atoms with Crippen molar-refractivity contribution >= 4 is 25.5 Å². The fraction of sp³-hybridized carbons (Fsp3) is 0.516. The molecule has 1 saturated heterocycles. The van der Waals surface area contributed by atoms with Crippen LogP contribution >= 0.6 is 7.60 Å². The van der Waals surface area contributed by atoms with Gasteiger partial charge in [0.2, 0.25) is 11.8 Å². The highest BCUT2D eigenvalue weighted by molar-refractivity contribution is 7.55. The Morgan fingerprint density at radius 1 is 0.952 bits per heavy atom. The topological polar surface area (TPSA) is 123 Å². The highest BCUT2D eigenvalue weighted by Gasteiger charge is 2.44. The van der Waals surface area contributed by atoms with Crippen LogP contribution in [0.2, 0.25) is 0 Å². The van der Waals surface area contributed by atoms with E-state index in [1.54, 1.807) is 69.3 Å². The van der Waals surface area contributed by atoms with Crippen LogP contribution in [-0.2, 0) is 18.9 Å². The fourth-order valence-electron chi connectivity index (χ4n) is 4.68. The van der Waals surface area contributed by atoms with Crippen molar-refractivity contribution in [2.45, 2.75) is 90.7 Å². The molecule has 1 aliphatic rings. The number of ether oxygens (including phenoxy) is 1. The number of likely N-dealkylation sites (tertiary alicyclic amines) is 1. The monoisotopic (exact) mass is 601 g/mol. The predicted octanol–water partition coefficient (Wildman–Crippen LogP) is 6.12. The van der Waals surface area contributed by atoms with Crippen molar-refractivity contribution in [2.75, 3.05) is 6.54 Å². The Balaban J connectivity index is 1.83. The van der Waals surface area contributed by atoms with E-state index in [-0.39, 0.29) is 11.8 Å². The molecule has 2 aromatic rings. The lowest BCUT2D eigenvalue weighted by Gasteiger charge is -2.33. The van der Waals surface area contributed by atoms with Crippen LogP contribution in [0, 0.1) is 5.92 Å². The Bertz CT molecular complexity index is 1190. The third kappa shape index (κ3) is 9.24. The lowest BCUT2D eigenvalue weighted by Crippen LogP contribution is -2.56. The molecule has 3 rings (SSSR count). The molecule has 0 saturated carbocycles. The van der Waals surface area contributed by atoms with Gasteiger partial charge in [-0.05, 0) is 70.2 Å². The summed E-state index contributed by atoms with van der Waals surface area (Å²) in [6.07, 6.45) is 1.25. The number of carbonyl (C=O) groups is 3. The van der Waals surface area contributed by atoms with E-state index in [2.05, 4.69) is 10.6 Å².